The van der Waals surface area contributed by atoms with E-state index >= 15 is 0 Å². The molecule has 2 saturated heterocycles. The van der Waals surface area contributed by atoms with E-state index in [1.165, 1.54) is 24.8 Å². The van der Waals surface area contributed by atoms with Crippen LogP contribution in [-0.2, 0) is 4.79 Å². The van der Waals surface area contributed by atoms with Gasteiger partial charge in [-0.15, -0.1) is 0 Å². The molecular formula is C29H41N3O4. The molecule has 4 saturated carbocycles. The minimum Gasteiger partial charge on any atom is -0.390 e. The fourth-order valence-corrected chi connectivity index (χ4v) is 9.48. The van der Waals surface area contributed by atoms with Crippen LogP contribution in [0, 0.1) is 17.3 Å². The second kappa shape index (κ2) is 9.10. The summed E-state index contributed by atoms with van der Waals surface area (Å²) in [6.45, 7) is 1.71. The smallest absolute Gasteiger partial charge is 0.248 e. The van der Waals surface area contributed by atoms with Gasteiger partial charge in [0, 0.05) is 37.3 Å². The van der Waals surface area contributed by atoms with E-state index in [2.05, 4.69) is 11.0 Å². The van der Waals surface area contributed by atoms with Gasteiger partial charge in [0.05, 0.1) is 5.60 Å². The van der Waals surface area contributed by atoms with Crippen molar-refractivity contribution in [1.82, 2.24) is 9.80 Å². The van der Waals surface area contributed by atoms with E-state index in [0.717, 1.165) is 51.5 Å². The summed E-state index contributed by atoms with van der Waals surface area (Å²) >= 11 is 0. The van der Waals surface area contributed by atoms with Gasteiger partial charge < -0.3 is 20.8 Å². The van der Waals surface area contributed by atoms with Gasteiger partial charge in [-0.2, -0.15) is 0 Å². The molecule has 7 rings (SSSR count). The van der Waals surface area contributed by atoms with Crippen LogP contribution in [0.15, 0.2) is 24.3 Å². The molecule has 4 aliphatic carbocycles. The van der Waals surface area contributed by atoms with E-state index in [-0.39, 0.29) is 17.2 Å². The highest BCUT2D eigenvalue weighted by molar-refractivity contribution is 5.92. The first-order chi connectivity index (χ1) is 17.2. The maximum Gasteiger partial charge on any atom is 0.248 e. The molecule has 7 nitrogen and oxygen atoms in total. The predicted octanol–water partition coefficient (Wildman–Crippen LogP) is 2.65. The van der Waals surface area contributed by atoms with Crippen LogP contribution in [0.5, 0.6) is 0 Å². The minimum atomic E-state index is -0.537. The Labute approximate surface area is 214 Å². The lowest BCUT2D eigenvalue weighted by atomic mass is 9.48. The van der Waals surface area contributed by atoms with Crippen LogP contribution in [0.1, 0.15) is 86.0 Å². The number of fused-ring (bicyclic) bond motifs is 2. The van der Waals surface area contributed by atoms with Crippen LogP contribution in [0.25, 0.3) is 0 Å². The molecular weight excluding hydrogens is 454 g/mol. The molecule has 6 aliphatic rings. The van der Waals surface area contributed by atoms with Crippen LogP contribution in [0.4, 0.5) is 0 Å². The van der Waals surface area contributed by atoms with Gasteiger partial charge in [0.15, 0.2) is 0 Å². The van der Waals surface area contributed by atoms with Crippen LogP contribution >= 0.6 is 0 Å². The Hall–Kier alpha value is -1.96. The van der Waals surface area contributed by atoms with Crippen molar-refractivity contribution in [2.75, 3.05) is 26.2 Å². The number of aliphatic hydroxyl groups is 2. The Morgan fingerprint density at radius 3 is 2.36 bits per heavy atom. The lowest BCUT2D eigenvalue weighted by Crippen LogP contribution is -2.59. The monoisotopic (exact) mass is 495 g/mol. The van der Waals surface area contributed by atoms with E-state index in [1.54, 1.807) is 6.07 Å². The molecule has 2 heterocycles. The fraction of sp³-hybridized carbons (Fsp3) is 0.724. The number of carbonyl (C=O) groups excluding carboxylic acids is 2. The summed E-state index contributed by atoms with van der Waals surface area (Å²) in [5.74, 6) is 1.05. The number of aliphatic hydroxyl groups excluding tert-OH is 1. The summed E-state index contributed by atoms with van der Waals surface area (Å²) in [5.41, 5.74) is 6.77. The molecule has 1 aromatic carbocycles. The molecule has 6 bridgehead atoms. The lowest BCUT2D eigenvalue weighted by Gasteiger charge is -2.61. The molecule has 6 fully saturated rings. The first-order valence-corrected chi connectivity index (χ1v) is 14.0. The molecule has 36 heavy (non-hydrogen) atoms. The van der Waals surface area contributed by atoms with E-state index < -0.39 is 12.2 Å². The van der Waals surface area contributed by atoms with Crippen molar-refractivity contribution in [2.45, 2.75) is 87.8 Å². The number of nitrogens with two attached hydrogens (primary N) is 1. The van der Waals surface area contributed by atoms with E-state index in [4.69, 9.17) is 5.73 Å². The van der Waals surface area contributed by atoms with Crippen molar-refractivity contribution in [3.05, 3.63) is 35.4 Å². The molecule has 0 radical (unpaired) electrons. The first-order valence-electron chi connectivity index (χ1n) is 14.0. The molecule has 5 atom stereocenters. The Kier molecular flexibility index (Phi) is 6.17. The Morgan fingerprint density at radius 1 is 1.06 bits per heavy atom. The molecule has 4 N–H and O–H groups in total. The average molecular weight is 496 g/mol. The first kappa shape index (κ1) is 24.4. The largest absolute Gasteiger partial charge is 0.390 e. The SMILES string of the molecule is NC(=O)c1cccc(C2C[C@H]3CC[C@@H](C2)N3CCN(CC23CC4CC(CC(O)(C4)C2)C3)C(=O)CO)c1. The van der Waals surface area contributed by atoms with Crippen LogP contribution in [-0.4, -0.2) is 75.8 Å². The number of hydrogen-bond donors (Lipinski definition) is 3. The summed E-state index contributed by atoms with van der Waals surface area (Å²) in [4.78, 5) is 29.0. The second-order valence-electron chi connectivity index (χ2n) is 12.9. The zero-order valence-electron chi connectivity index (χ0n) is 21.3. The van der Waals surface area contributed by atoms with Gasteiger partial charge in [0.25, 0.3) is 0 Å². The second-order valence-corrected chi connectivity index (χ2v) is 12.9. The Balaban J connectivity index is 1.11. The van der Waals surface area contributed by atoms with Gasteiger partial charge in [0.2, 0.25) is 11.8 Å². The number of carbonyl (C=O) groups is 2. The van der Waals surface area contributed by atoms with Gasteiger partial charge in [-0.1, -0.05) is 12.1 Å². The molecule has 2 aliphatic heterocycles. The highest BCUT2D eigenvalue weighted by Gasteiger charge is 2.57. The zero-order chi connectivity index (χ0) is 25.1. The summed E-state index contributed by atoms with van der Waals surface area (Å²) in [6.07, 6.45) is 10.6. The number of hydrogen-bond acceptors (Lipinski definition) is 5. The topological polar surface area (TPSA) is 107 Å². The maximum absolute atomic E-state index is 12.8. The third-order valence-electron chi connectivity index (χ3n) is 10.3. The molecule has 7 heteroatoms. The van der Waals surface area contributed by atoms with Crippen molar-refractivity contribution in [2.24, 2.45) is 23.0 Å². The quantitative estimate of drug-likeness (QED) is 0.514. The van der Waals surface area contributed by atoms with E-state index in [0.29, 0.717) is 48.5 Å². The standard InChI is InChI=1S/C29H41N3O4/c30-27(35)22-3-1-2-21(9-22)23-10-24-4-5-25(11-23)32(24)7-6-31(26(34)16-33)18-28-12-19-8-20(13-28)15-29(36,14-19)17-28/h1-3,9,19-20,23-25,33,36H,4-8,10-18H2,(H2,30,35)/t19?,20?,23?,24-,25+,28?,29?. The maximum atomic E-state index is 12.8. The van der Waals surface area contributed by atoms with Crippen molar-refractivity contribution < 1.29 is 19.8 Å². The predicted molar refractivity (Wildman–Crippen MR) is 136 cm³/mol. The molecule has 2 amide bonds. The summed E-state index contributed by atoms with van der Waals surface area (Å²) in [7, 11) is 0. The minimum absolute atomic E-state index is 0.0150. The van der Waals surface area contributed by atoms with Crippen molar-refractivity contribution in [3.8, 4) is 0 Å². The van der Waals surface area contributed by atoms with E-state index in [9.17, 15) is 19.8 Å². The number of benzene rings is 1. The number of primary amides is 1. The summed E-state index contributed by atoms with van der Waals surface area (Å²) in [6, 6.07) is 8.76. The Morgan fingerprint density at radius 2 is 1.75 bits per heavy atom. The van der Waals surface area contributed by atoms with E-state index in [1.807, 2.05) is 17.0 Å². The Bertz CT molecular complexity index is 1000. The highest BCUT2D eigenvalue weighted by atomic mass is 16.3. The molecule has 0 spiro atoms. The van der Waals surface area contributed by atoms with Gasteiger partial charge in [-0.25, -0.2) is 0 Å². The fourth-order valence-electron chi connectivity index (χ4n) is 9.48. The number of amides is 2. The number of nitrogens with zero attached hydrogens (tertiary/aromatic N) is 2. The molecule has 196 valence electrons. The summed E-state index contributed by atoms with van der Waals surface area (Å²) in [5, 5.41) is 20.9. The molecule has 1 aromatic rings. The third kappa shape index (κ3) is 4.48. The third-order valence-corrected chi connectivity index (χ3v) is 10.3. The van der Waals surface area contributed by atoms with Gasteiger partial charge >= 0.3 is 0 Å². The van der Waals surface area contributed by atoms with Gasteiger partial charge in [-0.3, -0.25) is 14.5 Å². The van der Waals surface area contributed by atoms with Crippen LogP contribution in [0.3, 0.4) is 0 Å². The molecule has 0 aromatic heterocycles. The number of piperidine rings is 1. The van der Waals surface area contributed by atoms with Crippen LogP contribution < -0.4 is 5.73 Å². The van der Waals surface area contributed by atoms with Crippen molar-refractivity contribution in [3.63, 3.8) is 0 Å². The number of rotatable bonds is 8. The summed E-state index contributed by atoms with van der Waals surface area (Å²) < 4.78 is 0. The molecule has 3 unspecified atom stereocenters. The van der Waals surface area contributed by atoms with Gasteiger partial charge in [-0.05, 0) is 105 Å². The van der Waals surface area contributed by atoms with Crippen LogP contribution in [0.2, 0.25) is 0 Å². The normalized spacial score (nSPS) is 38.9. The zero-order valence-corrected chi connectivity index (χ0v) is 21.3. The van der Waals surface area contributed by atoms with Crippen molar-refractivity contribution >= 4 is 11.8 Å². The average Bonchev–Trinajstić information content (AvgIpc) is 3.06. The van der Waals surface area contributed by atoms with Crippen molar-refractivity contribution in [1.29, 1.82) is 0 Å². The lowest BCUT2D eigenvalue weighted by molar-refractivity contribution is -0.173. The van der Waals surface area contributed by atoms with Gasteiger partial charge in [0.1, 0.15) is 6.61 Å². The highest BCUT2D eigenvalue weighted by Crippen LogP contribution is 2.61.